The molecule has 3 heterocycles. The fourth-order valence-electron chi connectivity index (χ4n) is 3.46. The Bertz CT molecular complexity index is 964. The largest absolute Gasteiger partial charge is 0.340 e. The van der Waals surface area contributed by atoms with Crippen molar-refractivity contribution < 1.29 is 4.79 Å². The third kappa shape index (κ3) is 3.55. The molecular formula is C20H24N6O. The first-order valence-electron chi connectivity index (χ1n) is 9.43. The highest BCUT2D eigenvalue weighted by Gasteiger charge is 2.27. The van der Waals surface area contributed by atoms with E-state index in [9.17, 15) is 4.79 Å². The Hall–Kier alpha value is -2.80. The summed E-state index contributed by atoms with van der Waals surface area (Å²) >= 11 is 0. The predicted molar refractivity (Wildman–Crippen MR) is 103 cm³/mol. The van der Waals surface area contributed by atoms with Crippen LogP contribution in [0.4, 0.5) is 0 Å². The summed E-state index contributed by atoms with van der Waals surface area (Å²) in [7, 11) is 0. The third-order valence-corrected chi connectivity index (χ3v) is 4.96. The van der Waals surface area contributed by atoms with Gasteiger partial charge in [0.25, 0.3) is 5.91 Å². The lowest BCUT2D eigenvalue weighted by atomic mass is 10.0. The summed E-state index contributed by atoms with van der Waals surface area (Å²) in [6.07, 6.45) is 0.845. The molecule has 4 rings (SSSR count). The van der Waals surface area contributed by atoms with Crippen LogP contribution in [0.5, 0.6) is 0 Å². The molecule has 1 aromatic carbocycles. The SMILES string of the molecule is CC(C)C(NC(=O)c1ccc2ccccc2n1)c1nnc2n1CCNCC2. The molecule has 1 atom stereocenters. The van der Waals surface area contributed by atoms with Crippen molar-refractivity contribution in [3.63, 3.8) is 0 Å². The van der Waals surface area contributed by atoms with E-state index in [1.807, 2.05) is 30.3 Å². The van der Waals surface area contributed by atoms with Gasteiger partial charge < -0.3 is 15.2 Å². The minimum absolute atomic E-state index is 0.180. The number of aromatic nitrogens is 4. The minimum atomic E-state index is -0.217. The summed E-state index contributed by atoms with van der Waals surface area (Å²) in [5.74, 6) is 1.78. The van der Waals surface area contributed by atoms with Crippen molar-refractivity contribution in [2.75, 3.05) is 13.1 Å². The van der Waals surface area contributed by atoms with Crippen LogP contribution in [0.2, 0.25) is 0 Å². The van der Waals surface area contributed by atoms with Crippen molar-refractivity contribution >= 4 is 16.8 Å². The Morgan fingerprint density at radius 1 is 1.15 bits per heavy atom. The number of benzene rings is 1. The maximum Gasteiger partial charge on any atom is 0.270 e. The number of hydrogen-bond acceptors (Lipinski definition) is 5. The fraction of sp³-hybridized carbons (Fsp3) is 0.400. The van der Waals surface area contributed by atoms with E-state index in [2.05, 4.69) is 44.2 Å². The molecule has 1 amide bonds. The Morgan fingerprint density at radius 2 is 2.00 bits per heavy atom. The Balaban J connectivity index is 1.61. The summed E-state index contributed by atoms with van der Waals surface area (Å²) in [5, 5.41) is 16.3. The molecule has 0 aliphatic carbocycles. The van der Waals surface area contributed by atoms with Gasteiger partial charge in [-0.1, -0.05) is 38.1 Å². The summed E-state index contributed by atoms with van der Waals surface area (Å²) in [6.45, 7) is 6.75. The lowest BCUT2D eigenvalue weighted by Crippen LogP contribution is -2.34. The molecule has 7 nitrogen and oxygen atoms in total. The number of fused-ring (bicyclic) bond motifs is 2. The van der Waals surface area contributed by atoms with Crippen molar-refractivity contribution in [1.29, 1.82) is 0 Å². The second kappa shape index (κ2) is 7.44. The first kappa shape index (κ1) is 17.6. The van der Waals surface area contributed by atoms with Crippen molar-refractivity contribution in [2.24, 2.45) is 5.92 Å². The minimum Gasteiger partial charge on any atom is -0.340 e. The number of carbonyl (C=O) groups is 1. The number of pyridine rings is 1. The number of rotatable bonds is 4. The molecule has 27 heavy (non-hydrogen) atoms. The van der Waals surface area contributed by atoms with Crippen LogP contribution in [0, 0.1) is 5.92 Å². The second-order valence-electron chi connectivity index (χ2n) is 7.21. The predicted octanol–water partition coefficient (Wildman–Crippen LogP) is 2.10. The second-order valence-corrected chi connectivity index (χ2v) is 7.21. The third-order valence-electron chi connectivity index (χ3n) is 4.96. The van der Waals surface area contributed by atoms with Gasteiger partial charge in [-0.15, -0.1) is 10.2 Å². The van der Waals surface area contributed by atoms with E-state index in [0.717, 1.165) is 48.6 Å². The number of para-hydroxylation sites is 1. The quantitative estimate of drug-likeness (QED) is 0.741. The van der Waals surface area contributed by atoms with Gasteiger partial charge in [-0.05, 0) is 18.1 Å². The lowest BCUT2D eigenvalue weighted by molar-refractivity contribution is 0.0917. The number of nitrogens with one attached hydrogen (secondary N) is 2. The molecule has 0 radical (unpaired) electrons. The van der Waals surface area contributed by atoms with Gasteiger partial charge in [-0.2, -0.15) is 0 Å². The molecule has 1 unspecified atom stereocenters. The lowest BCUT2D eigenvalue weighted by Gasteiger charge is -2.22. The van der Waals surface area contributed by atoms with E-state index >= 15 is 0 Å². The van der Waals surface area contributed by atoms with Crippen LogP contribution in [0.25, 0.3) is 10.9 Å². The molecule has 140 valence electrons. The molecule has 3 aromatic rings. The van der Waals surface area contributed by atoms with Crippen molar-refractivity contribution in [1.82, 2.24) is 30.4 Å². The molecule has 7 heteroatoms. The summed E-state index contributed by atoms with van der Waals surface area (Å²) in [5.41, 5.74) is 1.23. The molecule has 1 aliphatic rings. The van der Waals surface area contributed by atoms with Crippen LogP contribution in [0.1, 0.15) is 42.0 Å². The van der Waals surface area contributed by atoms with E-state index in [-0.39, 0.29) is 17.9 Å². The average Bonchev–Trinajstić information content (AvgIpc) is 2.92. The molecule has 0 saturated carbocycles. The van der Waals surface area contributed by atoms with Crippen LogP contribution >= 0.6 is 0 Å². The summed E-state index contributed by atoms with van der Waals surface area (Å²) < 4.78 is 2.14. The number of amides is 1. The smallest absolute Gasteiger partial charge is 0.270 e. The van der Waals surface area contributed by atoms with E-state index in [4.69, 9.17) is 0 Å². The molecule has 2 N–H and O–H groups in total. The van der Waals surface area contributed by atoms with Crippen LogP contribution in [-0.4, -0.2) is 38.7 Å². The maximum absolute atomic E-state index is 12.9. The van der Waals surface area contributed by atoms with Crippen LogP contribution in [0.15, 0.2) is 36.4 Å². The normalized spacial score (nSPS) is 15.4. The summed E-state index contributed by atoms with van der Waals surface area (Å²) in [6, 6.07) is 11.3. The molecule has 1 aliphatic heterocycles. The first-order valence-corrected chi connectivity index (χ1v) is 9.43. The van der Waals surface area contributed by atoms with Gasteiger partial charge in [-0.3, -0.25) is 4.79 Å². The highest BCUT2D eigenvalue weighted by molar-refractivity contribution is 5.95. The van der Waals surface area contributed by atoms with E-state index in [1.165, 1.54) is 0 Å². The standard InChI is InChI=1S/C20H24N6O/c1-13(2)18(19-25-24-17-9-10-21-11-12-26(17)19)23-20(27)16-8-7-14-5-3-4-6-15(14)22-16/h3-8,13,18,21H,9-12H2,1-2H3,(H,23,27). The molecule has 0 saturated heterocycles. The highest BCUT2D eigenvalue weighted by Crippen LogP contribution is 2.22. The number of nitrogens with zero attached hydrogens (tertiary/aromatic N) is 4. The van der Waals surface area contributed by atoms with E-state index in [0.29, 0.717) is 5.69 Å². The number of hydrogen-bond donors (Lipinski definition) is 2. The molecule has 2 aromatic heterocycles. The average molecular weight is 364 g/mol. The Labute approximate surface area is 158 Å². The van der Waals surface area contributed by atoms with Crippen molar-refractivity contribution in [2.45, 2.75) is 32.9 Å². The van der Waals surface area contributed by atoms with Gasteiger partial charge in [0.1, 0.15) is 11.5 Å². The van der Waals surface area contributed by atoms with Crippen LogP contribution < -0.4 is 10.6 Å². The van der Waals surface area contributed by atoms with Crippen LogP contribution in [-0.2, 0) is 13.0 Å². The van der Waals surface area contributed by atoms with Crippen molar-refractivity contribution in [3.05, 3.63) is 53.7 Å². The van der Waals surface area contributed by atoms with Crippen LogP contribution in [0.3, 0.4) is 0 Å². The van der Waals surface area contributed by atoms with Gasteiger partial charge in [0.2, 0.25) is 0 Å². The van der Waals surface area contributed by atoms with Gasteiger partial charge in [0.05, 0.1) is 11.6 Å². The monoisotopic (exact) mass is 364 g/mol. The van der Waals surface area contributed by atoms with Gasteiger partial charge in [0.15, 0.2) is 5.82 Å². The van der Waals surface area contributed by atoms with Crippen molar-refractivity contribution in [3.8, 4) is 0 Å². The zero-order chi connectivity index (χ0) is 18.8. The van der Waals surface area contributed by atoms with E-state index < -0.39 is 0 Å². The molecule has 0 fully saturated rings. The molecular weight excluding hydrogens is 340 g/mol. The topological polar surface area (TPSA) is 84.7 Å². The Morgan fingerprint density at radius 3 is 2.85 bits per heavy atom. The van der Waals surface area contributed by atoms with Gasteiger partial charge >= 0.3 is 0 Å². The number of carbonyl (C=O) groups excluding carboxylic acids is 1. The highest BCUT2D eigenvalue weighted by atomic mass is 16.2. The van der Waals surface area contributed by atoms with E-state index in [1.54, 1.807) is 6.07 Å². The molecule has 0 bridgehead atoms. The first-order chi connectivity index (χ1) is 13.1. The fourth-order valence-corrected chi connectivity index (χ4v) is 3.46. The maximum atomic E-state index is 12.9. The van der Waals surface area contributed by atoms with Gasteiger partial charge in [-0.25, -0.2) is 4.98 Å². The Kier molecular flexibility index (Phi) is 4.85. The molecule has 0 spiro atoms. The van der Waals surface area contributed by atoms with Gasteiger partial charge in [0, 0.05) is 31.4 Å². The zero-order valence-electron chi connectivity index (χ0n) is 15.6. The zero-order valence-corrected chi connectivity index (χ0v) is 15.6. The summed E-state index contributed by atoms with van der Waals surface area (Å²) in [4.78, 5) is 17.4.